The zero-order valence-electron chi connectivity index (χ0n) is 13.5. The summed E-state index contributed by atoms with van der Waals surface area (Å²) in [4.78, 5) is 4.73. The highest BCUT2D eigenvalue weighted by Crippen LogP contribution is 2.25. The second-order valence-electron chi connectivity index (χ2n) is 5.34. The van der Waals surface area contributed by atoms with Crippen LogP contribution in [0.3, 0.4) is 0 Å². The van der Waals surface area contributed by atoms with Crippen LogP contribution in [-0.4, -0.2) is 34.0 Å². The lowest BCUT2D eigenvalue weighted by atomic mass is 10.4. The van der Waals surface area contributed by atoms with Crippen molar-refractivity contribution in [2.24, 2.45) is 7.05 Å². The van der Waals surface area contributed by atoms with Crippen molar-refractivity contribution in [3.05, 3.63) is 53.8 Å². The zero-order valence-corrected chi connectivity index (χ0v) is 15.2. The van der Waals surface area contributed by atoms with Crippen LogP contribution in [0.2, 0.25) is 0 Å². The quantitative estimate of drug-likeness (QED) is 0.623. The Bertz CT molecular complexity index is 1000. The molecule has 8 heteroatoms. The van der Waals surface area contributed by atoms with Crippen molar-refractivity contribution < 1.29 is 8.42 Å². The highest BCUT2D eigenvalue weighted by atomic mass is 32.2. The third-order valence-electron chi connectivity index (χ3n) is 3.49. The third kappa shape index (κ3) is 3.79. The van der Waals surface area contributed by atoms with E-state index in [1.165, 1.54) is 15.6 Å². The fourth-order valence-electron chi connectivity index (χ4n) is 2.29. The van der Waals surface area contributed by atoms with Gasteiger partial charge in [-0.1, -0.05) is 24.1 Å². The highest BCUT2D eigenvalue weighted by Gasteiger charge is 2.24. The minimum absolute atomic E-state index is 0.0169. The number of sulfonamides is 1. The first-order chi connectivity index (χ1) is 12.0. The topological polar surface area (TPSA) is 68.1 Å². The molecule has 0 aliphatic rings. The van der Waals surface area contributed by atoms with Gasteiger partial charge >= 0.3 is 0 Å². The minimum atomic E-state index is -3.67. The Kier molecular flexibility index (Phi) is 4.99. The van der Waals surface area contributed by atoms with Crippen LogP contribution >= 0.6 is 11.3 Å². The van der Waals surface area contributed by atoms with Gasteiger partial charge in [-0.3, -0.25) is 4.68 Å². The molecule has 0 bridgehead atoms. The molecule has 0 radical (unpaired) electrons. The van der Waals surface area contributed by atoms with E-state index < -0.39 is 10.0 Å². The van der Waals surface area contributed by atoms with Gasteiger partial charge in [0.15, 0.2) is 0 Å². The number of thiazole rings is 1. The number of nitrogens with zero attached hydrogens (tertiary/aromatic N) is 4. The van der Waals surface area contributed by atoms with Crippen molar-refractivity contribution in [1.29, 1.82) is 0 Å². The van der Waals surface area contributed by atoms with Crippen LogP contribution in [0.15, 0.2) is 53.0 Å². The molecule has 0 aliphatic heterocycles. The van der Waals surface area contributed by atoms with E-state index in [-0.39, 0.29) is 18.0 Å². The molecule has 0 saturated carbocycles. The van der Waals surface area contributed by atoms with E-state index >= 15 is 0 Å². The molecule has 6 nitrogen and oxygen atoms in total. The van der Waals surface area contributed by atoms with Gasteiger partial charge in [-0.15, -0.1) is 17.8 Å². The molecule has 0 aliphatic carbocycles. The van der Waals surface area contributed by atoms with Crippen molar-refractivity contribution in [3.63, 3.8) is 0 Å². The molecule has 1 aromatic carbocycles. The van der Waals surface area contributed by atoms with Crippen molar-refractivity contribution >= 4 is 21.4 Å². The minimum Gasteiger partial charge on any atom is -0.275 e. The van der Waals surface area contributed by atoms with Crippen LogP contribution < -0.4 is 0 Å². The van der Waals surface area contributed by atoms with Gasteiger partial charge in [-0.25, -0.2) is 13.4 Å². The van der Waals surface area contributed by atoms with Gasteiger partial charge in [0.25, 0.3) is 0 Å². The normalized spacial score (nSPS) is 11.6. The summed E-state index contributed by atoms with van der Waals surface area (Å²) in [5.41, 5.74) is 1.55. The molecule has 0 amide bonds. The van der Waals surface area contributed by atoms with Crippen molar-refractivity contribution in [2.45, 2.75) is 11.4 Å². The Balaban J connectivity index is 1.86. The molecule has 0 unspecified atom stereocenters. The molecule has 3 aromatic rings. The smallest absolute Gasteiger partial charge is 0.244 e. The fourth-order valence-corrected chi connectivity index (χ4v) is 4.43. The molecule has 2 heterocycles. The molecule has 128 valence electrons. The van der Waals surface area contributed by atoms with E-state index in [0.29, 0.717) is 5.69 Å². The van der Waals surface area contributed by atoms with Crippen LogP contribution in [-0.2, 0) is 23.6 Å². The average molecular weight is 372 g/mol. The van der Waals surface area contributed by atoms with Crippen molar-refractivity contribution in [1.82, 2.24) is 19.1 Å². The summed E-state index contributed by atoms with van der Waals surface area (Å²) in [5.74, 6) is 2.41. The summed E-state index contributed by atoms with van der Waals surface area (Å²) in [7, 11) is -1.84. The number of benzene rings is 1. The van der Waals surface area contributed by atoms with Crippen LogP contribution in [0.4, 0.5) is 0 Å². The monoisotopic (exact) mass is 372 g/mol. The van der Waals surface area contributed by atoms with Gasteiger partial charge < -0.3 is 0 Å². The van der Waals surface area contributed by atoms with Gasteiger partial charge in [0.2, 0.25) is 10.0 Å². The molecular formula is C17H16N4O2S2. The fraction of sp³-hybridized carbons (Fsp3) is 0.176. The van der Waals surface area contributed by atoms with E-state index in [0.717, 1.165) is 10.6 Å². The largest absolute Gasteiger partial charge is 0.275 e. The number of aryl methyl sites for hydroxylation is 1. The van der Waals surface area contributed by atoms with Crippen LogP contribution in [0, 0.1) is 12.3 Å². The lowest BCUT2D eigenvalue weighted by molar-refractivity contribution is 0.439. The number of aromatic nitrogens is 3. The Morgan fingerprint density at radius 3 is 2.72 bits per heavy atom. The molecule has 3 rings (SSSR count). The van der Waals surface area contributed by atoms with Crippen molar-refractivity contribution in [3.8, 4) is 22.9 Å². The SMILES string of the molecule is C#CCN(Cc1csc(-c2cnn(C)c2)n1)S(=O)(=O)c1ccccc1. The van der Waals surface area contributed by atoms with Gasteiger partial charge in [0, 0.05) is 24.2 Å². The zero-order chi connectivity index (χ0) is 17.9. The molecule has 0 spiro atoms. The van der Waals surface area contributed by atoms with E-state index in [4.69, 9.17) is 6.42 Å². The lowest BCUT2D eigenvalue weighted by Crippen LogP contribution is -2.31. The van der Waals surface area contributed by atoms with Crippen LogP contribution in [0.25, 0.3) is 10.6 Å². The predicted molar refractivity (Wildman–Crippen MR) is 97.2 cm³/mol. The predicted octanol–water partition coefficient (Wildman–Crippen LogP) is 2.37. The Labute approximate surface area is 150 Å². The Morgan fingerprint density at radius 2 is 2.08 bits per heavy atom. The third-order valence-corrected chi connectivity index (χ3v) is 6.24. The van der Waals surface area contributed by atoms with E-state index in [1.54, 1.807) is 41.2 Å². The maximum Gasteiger partial charge on any atom is 0.244 e. The average Bonchev–Trinajstić information content (AvgIpc) is 3.24. The number of hydrogen-bond donors (Lipinski definition) is 0. The van der Waals surface area contributed by atoms with Gasteiger partial charge in [0.1, 0.15) is 5.01 Å². The number of rotatable bonds is 6. The molecule has 25 heavy (non-hydrogen) atoms. The molecular weight excluding hydrogens is 356 g/mol. The molecule has 2 aromatic heterocycles. The standard InChI is InChI=1S/C17H16N4O2S2/c1-3-9-21(25(22,23)16-7-5-4-6-8-16)12-15-13-24-17(19-15)14-10-18-20(2)11-14/h1,4-8,10-11,13H,9,12H2,2H3. The Hall–Kier alpha value is -2.47. The Morgan fingerprint density at radius 1 is 1.32 bits per heavy atom. The second-order valence-corrected chi connectivity index (χ2v) is 8.13. The number of hydrogen-bond acceptors (Lipinski definition) is 5. The maximum absolute atomic E-state index is 12.8. The van der Waals surface area contributed by atoms with Crippen LogP contribution in [0.1, 0.15) is 5.69 Å². The molecule has 0 fully saturated rings. The van der Waals surface area contributed by atoms with Gasteiger partial charge in [-0.2, -0.15) is 9.40 Å². The molecule has 0 N–H and O–H groups in total. The summed E-state index contributed by atoms with van der Waals surface area (Å²) in [5, 5.41) is 6.75. The molecule has 0 saturated heterocycles. The van der Waals surface area contributed by atoms with Gasteiger partial charge in [0.05, 0.1) is 29.9 Å². The summed E-state index contributed by atoms with van der Waals surface area (Å²) in [6.07, 6.45) is 8.96. The summed E-state index contributed by atoms with van der Waals surface area (Å²) in [6.45, 7) is 0.106. The first-order valence-electron chi connectivity index (χ1n) is 7.43. The first-order valence-corrected chi connectivity index (χ1v) is 9.75. The van der Waals surface area contributed by atoms with E-state index in [9.17, 15) is 8.42 Å². The number of terminal acetylenes is 1. The highest BCUT2D eigenvalue weighted by molar-refractivity contribution is 7.89. The lowest BCUT2D eigenvalue weighted by Gasteiger charge is -2.18. The molecule has 0 atom stereocenters. The second kappa shape index (κ2) is 7.19. The summed E-state index contributed by atoms with van der Waals surface area (Å²) < 4.78 is 28.5. The van der Waals surface area contributed by atoms with E-state index in [1.807, 2.05) is 18.6 Å². The van der Waals surface area contributed by atoms with Gasteiger partial charge in [-0.05, 0) is 12.1 Å². The summed E-state index contributed by atoms with van der Waals surface area (Å²) in [6, 6.07) is 8.25. The van der Waals surface area contributed by atoms with Crippen molar-refractivity contribution in [2.75, 3.05) is 6.54 Å². The maximum atomic E-state index is 12.8. The first kappa shape index (κ1) is 17.4. The summed E-state index contributed by atoms with van der Waals surface area (Å²) >= 11 is 1.44. The van der Waals surface area contributed by atoms with Crippen LogP contribution in [0.5, 0.6) is 0 Å². The van der Waals surface area contributed by atoms with E-state index in [2.05, 4.69) is 16.0 Å².